The molecule has 5 nitrogen and oxygen atoms in total. The number of urea groups is 1. The quantitative estimate of drug-likeness (QED) is 0.526. The first-order chi connectivity index (χ1) is 9.63. The molecule has 2 amide bonds. The molecule has 5 heteroatoms. The zero-order chi connectivity index (χ0) is 14.8. The summed E-state index contributed by atoms with van der Waals surface area (Å²) in [4.78, 5) is 22.8. The van der Waals surface area contributed by atoms with Crippen molar-refractivity contribution < 1.29 is 14.7 Å². The highest BCUT2D eigenvalue weighted by molar-refractivity contribution is 5.82. The number of carbonyl (C=O) groups excluding carboxylic acids is 1. The van der Waals surface area contributed by atoms with Gasteiger partial charge >= 0.3 is 12.0 Å². The minimum Gasteiger partial charge on any atom is -0.480 e. The molecule has 0 aliphatic rings. The molecule has 0 aliphatic heterocycles. The number of carbonyl (C=O) groups is 2. The number of rotatable bonds is 7. The molecule has 0 radical (unpaired) electrons. The van der Waals surface area contributed by atoms with Gasteiger partial charge in [-0.15, -0.1) is 0 Å². The normalized spacial score (nSPS) is 12.1. The molecule has 0 aliphatic carbocycles. The van der Waals surface area contributed by atoms with Gasteiger partial charge in [-0.1, -0.05) is 42.5 Å². The Hall–Kier alpha value is -2.30. The lowest BCUT2D eigenvalue weighted by atomic mass is 10.1. The Kier molecular flexibility index (Phi) is 6.89. The predicted molar refractivity (Wildman–Crippen MR) is 77.5 cm³/mol. The van der Waals surface area contributed by atoms with Crippen molar-refractivity contribution in [2.75, 3.05) is 6.54 Å². The number of amides is 2. The lowest BCUT2D eigenvalue weighted by molar-refractivity contribution is -0.139. The summed E-state index contributed by atoms with van der Waals surface area (Å²) >= 11 is 0. The van der Waals surface area contributed by atoms with E-state index in [9.17, 15) is 9.59 Å². The first-order valence-corrected chi connectivity index (χ1v) is 6.55. The molecule has 0 heterocycles. The Bertz CT molecular complexity index is 457. The summed E-state index contributed by atoms with van der Waals surface area (Å²) in [5.74, 6) is -1.04. The molecule has 0 unspecified atom stereocenters. The minimum absolute atomic E-state index is 0.262. The van der Waals surface area contributed by atoms with Crippen molar-refractivity contribution in [1.29, 1.82) is 0 Å². The Morgan fingerprint density at radius 1 is 1.30 bits per heavy atom. The average Bonchev–Trinajstić information content (AvgIpc) is 2.44. The molecule has 20 heavy (non-hydrogen) atoms. The number of hydrogen-bond donors (Lipinski definition) is 3. The van der Waals surface area contributed by atoms with Gasteiger partial charge in [-0.2, -0.15) is 0 Å². The zero-order valence-electron chi connectivity index (χ0n) is 11.5. The van der Waals surface area contributed by atoms with E-state index >= 15 is 0 Å². The number of carboxylic acids is 1. The highest BCUT2D eigenvalue weighted by atomic mass is 16.4. The Morgan fingerprint density at radius 3 is 2.60 bits per heavy atom. The lowest BCUT2D eigenvalue weighted by Crippen LogP contribution is -2.47. The molecule has 1 aromatic rings. The number of hydrogen-bond acceptors (Lipinski definition) is 2. The molecule has 0 spiro atoms. The summed E-state index contributed by atoms with van der Waals surface area (Å²) in [6.07, 6.45) is 4.81. The second-order valence-corrected chi connectivity index (χ2v) is 4.34. The van der Waals surface area contributed by atoms with E-state index in [1.807, 2.05) is 49.4 Å². The van der Waals surface area contributed by atoms with E-state index in [0.717, 1.165) is 12.0 Å². The maximum absolute atomic E-state index is 11.6. The smallest absolute Gasteiger partial charge is 0.326 e. The van der Waals surface area contributed by atoms with Crippen LogP contribution >= 0.6 is 0 Å². The number of nitrogens with one attached hydrogen (secondary N) is 2. The molecular weight excluding hydrogens is 256 g/mol. The van der Waals surface area contributed by atoms with E-state index in [4.69, 9.17) is 5.11 Å². The number of aliphatic carboxylic acids is 1. The summed E-state index contributed by atoms with van der Waals surface area (Å²) in [7, 11) is 0. The maximum atomic E-state index is 11.6. The van der Waals surface area contributed by atoms with Crippen molar-refractivity contribution in [3.8, 4) is 0 Å². The van der Waals surface area contributed by atoms with E-state index in [-0.39, 0.29) is 6.42 Å². The van der Waals surface area contributed by atoms with Gasteiger partial charge in [0.25, 0.3) is 0 Å². The second kappa shape index (κ2) is 8.74. The van der Waals surface area contributed by atoms with Crippen molar-refractivity contribution >= 4 is 12.0 Å². The summed E-state index contributed by atoms with van der Waals surface area (Å²) in [5.41, 5.74) is 0.870. The molecule has 1 aromatic carbocycles. The molecule has 108 valence electrons. The molecule has 1 rings (SSSR count). The molecular formula is C15H20N2O3. The Morgan fingerprint density at radius 2 is 2.00 bits per heavy atom. The number of allylic oxidation sites excluding steroid dienone is 1. The number of benzene rings is 1. The van der Waals surface area contributed by atoms with Gasteiger partial charge in [0.15, 0.2) is 0 Å². The van der Waals surface area contributed by atoms with Crippen molar-refractivity contribution in [2.45, 2.75) is 25.8 Å². The van der Waals surface area contributed by atoms with Crippen LogP contribution in [0.5, 0.6) is 0 Å². The Labute approximate surface area is 118 Å². The van der Waals surface area contributed by atoms with Crippen LogP contribution in [0.4, 0.5) is 4.79 Å². The van der Waals surface area contributed by atoms with Crippen LogP contribution < -0.4 is 10.6 Å². The fraction of sp³-hybridized carbons (Fsp3) is 0.333. The van der Waals surface area contributed by atoms with Gasteiger partial charge in [-0.25, -0.2) is 9.59 Å². The number of carboxylic acid groups (broad SMARTS) is 1. The van der Waals surface area contributed by atoms with Crippen LogP contribution in [0.25, 0.3) is 0 Å². The fourth-order valence-corrected chi connectivity index (χ4v) is 1.69. The molecule has 0 bridgehead atoms. The van der Waals surface area contributed by atoms with Gasteiger partial charge in [0, 0.05) is 13.0 Å². The third-order valence-electron chi connectivity index (χ3n) is 2.72. The maximum Gasteiger partial charge on any atom is 0.326 e. The van der Waals surface area contributed by atoms with Crippen molar-refractivity contribution in [3.05, 3.63) is 48.0 Å². The van der Waals surface area contributed by atoms with Gasteiger partial charge in [0.05, 0.1) is 0 Å². The Balaban J connectivity index is 2.46. The first-order valence-electron chi connectivity index (χ1n) is 6.55. The molecule has 0 saturated carbocycles. The van der Waals surface area contributed by atoms with Crippen LogP contribution in [0, 0.1) is 0 Å². The standard InChI is InChI=1S/C15H20N2O3/c1-2-3-7-10-16-15(20)17-13(14(18)19)11-12-8-5-4-6-9-12/h2-6,8-9,13H,7,10-11H2,1H3,(H,18,19)(H2,16,17,20)/b3-2+/t13-/m1/s1. The van der Waals surface area contributed by atoms with E-state index in [2.05, 4.69) is 10.6 Å². The summed E-state index contributed by atoms with van der Waals surface area (Å²) in [6, 6.07) is 7.82. The third kappa shape index (κ3) is 6.04. The van der Waals surface area contributed by atoms with Gasteiger partial charge in [0.2, 0.25) is 0 Å². The van der Waals surface area contributed by atoms with E-state index in [1.165, 1.54) is 0 Å². The van der Waals surface area contributed by atoms with E-state index in [0.29, 0.717) is 6.54 Å². The lowest BCUT2D eigenvalue weighted by Gasteiger charge is -2.15. The minimum atomic E-state index is -1.04. The molecule has 0 saturated heterocycles. The van der Waals surface area contributed by atoms with Crippen molar-refractivity contribution in [1.82, 2.24) is 10.6 Å². The van der Waals surface area contributed by atoms with Gasteiger partial charge < -0.3 is 15.7 Å². The zero-order valence-corrected chi connectivity index (χ0v) is 11.5. The van der Waals surface area contributed by atoms with Crippen LogP contribution in [0.15, 0.2) is 42.5 Å². The van der Waals surface area contributed by atoms with Crippen LogP contribution in [0.2, 0.25) is 0 Å². The fourth-order valence-electron chi connectivity index (χ4n) is 1.69. The van der Waals surface area contributed by atoms with Crippen LogP contribution in [-0.4, -0.2) is 29.7 Å². The molecule has 0 fully saturated rings. The summed E-state index contributed by atoms with van der Waals surface area (Å²) in [5, 5.41) is 14.2. The molecule has 0 aromatic heterocycles. The monoisotopic (exact) mass is 276 g/mol. The van der Waals surface area contributed by atoms with E-state index < -0.39 is 18.0 Å². The van der Waals surface area contributed by atoms with Crippen LogP contribution in [0.1, 0.15) is 18.9 Å². The van der Waals surface area contributed by atoms with Gasteiger partial charge in [-0.05, 0) is 18.9 Å². The van der Waals surface area contributed by atoms with Gasteiger partial charge in [0.1, 0.15) is 6.04 Å². The first kappa shape index (κ1) is 15.8. The average molecular weight is 276 g/mol. The third-order valence-corrected chi connectivity index (χ3v) is 2.72. The highest BCUT2D eigenvalue weighted by Gasteiger charge is 2.19. The van der Waals surface area contributed by atoms with Crippen molar-refractivity contribution in [3.63, 3.8) is 0 Å². The highest BCUT2D eigenvalue weighted by Crippen LogP contribution is 2.03. The SMILES string of the molecule is C/C=C/CCNC(=O)N[C@H](Cc1ccccc1)C(=O)O. The van der Waals surface area contributed by atoms with Gasteiger partial charge in [-0.3, -0.25) is 0 Å². The van der Waals surface area contributed by atoms with E-state index in [1.54, 1.807) is 0 Å². The predicted octanol–water partition coefficient (Wildman–Crippen LogP) is 1.95. The summed E-state index contributed by atoms with van der Waals surface area (Å²) in [6.45, 7) is 2.38. The van der Waals surface area contributed by atoms with Crippen molar-refractivity contribution in [2.24, 2.45) is 0 Å². The van der Waals surface area contributed by atoms with Crippen LogP contribution in [-0.2, 0) is 11.2 Å². The molecule has 1 atom stereocenters. The summed E-state index contributed by atoms with van der Waals surface area (Å²) < 4.78 is 0. The van der Waals surface area contributed by atoms with Crippen LogP contribution in [0.3, 0.4) is 0 Å². The topological polar surface area (TPSA) is 78.4 Å². The largest absolute Gasteiger partial charge is 0.480 e. The molecule has 3 N–H and O–H groups in total. The second-order valence-electron chi connectivity index (χ2n) is 4.34.